The Balaban J connectivity index is 3.56. The number of nitrogens with two attached hydrogens (primary N) is 2. The maximum Gasteiger partial charge on any atom is 0.302 e. The number of amidine groups is 1. The third-order valence-corrected chi connectivity index (χ3v) is 0.506. The van der Waals surface area contributed by atoms with Crippen LogP contribution in [-0.2, 0) is 4.84 Å². The summed E-state index contributed by atoms with van der Waals surface area (Å²) in [6, 6.07) is 0.165. The number of nitrogens with zero attached hydrogens (tertiary/aromatic N) is 1. The first-order valence-electron chi connectivity index (χ1n) is 2.37. The van der Waals surface area contributed by atoms with Gasteiger partial charge in [-0.1, -0.05) is 0 Å². The van der Waals surface area contributed by atoms with E-state index in [0.29, 0.717) is 0 Å². The minimum atomic E-state index is 0.0278. The van der Waals surface area contributed by atoms with Crippen molar-refractivity contribution in [2.24, 2.45) is 16.6 Å². The molecule has 0 bridgehead atoms. The third-order valence-electron chi connectivity index (χ3n) is 0.506. The van der Waals surface area contributed by atoms with Crippen LogP contribution in [0.2, 0.25) is 0 Å². The summed E-state index contributed by atoms with van der Waals surface area (Å²) in [5, 5.41) is 0. The Morgan fingerprint density at radius 1 is 1.62 bits per heavy atom. The zero-order valence-corrected chi connectivity index (χ0v) is 5.09. The second-order valence-corrected chi connectivity index (χ2v) is 1.68. The lowest BCUT2D eigenvalue weighted by Crippen LogP contribution is -2.21. The fourth-order valence-electron chi connectivity index (χ4n) is 0.285. The molecule has 0 aliphatic heterocycles. The van der Waals surface area contributed by atoms with Crippen molar-refractivity contribution in [1.29, 1.82) is 0 Å². The van der Waals surface area contributed by atoms with Crippen LogP contribution in [0.15, 0.2) is 4.99 Å². The minimum Gasteiger partial charge on any atom is -0.374 e. The van der Waals surface area contributed by atoms with Crippen molar-refractivity contribution in [3.8, 4) is 0 Å². The van der Waals surface area contributed by atoms with Gasteiger partial charge in [0.05, 0.1) is 0 Å². The Morgan fingerprint density at radius 2 is 2.12 bits per heavy atom. The van der Waals surface area contributed by atoms with E-state index < -0.39 is 0 Å². The van der Waals surface area contributed by atoms with E-state index in [-0.39, 0.29) is 12.1 Å². The summed E-state index contributed by atoms with van der Waals surface area (Å²) in [7, 11) is 0. The Bertz CT molecular complexity index is 89.3. The smallest absolute Gasteiger partial charge is 0.302 e. The van der Waals surface area contributed by atoms with E-state index in [0.717, 1.165) is 0 Å². The number of rotatable bonds is 1. The van der Waals surface area contributed by atoms with Gasteiger partial charge in [-0.25, -0.2) is 4.99 Å². The molecule has 0 radical (unpaired) electrons. The summed E-state index contributed by atoms with van der Waals surface area (Å²) in [4.78, 5) is 7.83. The average Bonchev–Trinajstić information content (AvgIpc) is 1.65. The fraction of sp³-hybridized carbons (Fsp3) is 0.750. The molecule has 0 heterocycles. The molecular formula is C4H11N3O. The highest BCUT2D eigenvalue weighted by molar-refractivity contribution is 5.70. The highest BCUT2D eigenvalue weighted by atomic mass is 16.6. The van der Waals surface area contributed by atoms with Crippen LogP contribution >= 0.6 is 0 Å². The van der Waals surface area contributed by atoms with Gasteiger partial charge in [-0.2, -0.15) is 5.90 Å². The van der Waals surface area contributed by atoms with Crippen LogP contribution in [0.4, 0.5) is 0 Å². The number of hydrogen-bond acceptors (Lipinski definition) is 3. The number of aliphatic imine (C=N–C) groups is 1. The molecule has 0 amide bonds. The molecular weight excluding hydrogens is 106 g/mol. The van der Waals surface area contributed by atoms with Gasteiger partial charge in [-0.15, -0.1) is 0 Å². The first kappa shape index (κ1) is 7.23. The molecule has 0 unspecified atom stereocenters. The van der Waals surface area contributed by atoms with Crippen molar-refractivity contribution in [1.82, 2.24) is 0 Å². The molecule has 4 heteroatoms. The lowest BCUT2D eigenvalue weighted by atomic mass is 10.4. The van der Waals surface area contributed by atoms with E-state index >= 15 is 0 Å². The van der Waals surface area contributed by atoms with Gasteiger partial charge in [0, 0.05) is 6.04 Å². The lowest BCUT2D eigenvalue weighted by molar-refractivity contribution is 0.312. The SMILES string of the molecule is CC(C)N=C(N)ON. The van der Waals surface area contributed by atoms with E-state index in [4.69, 9.17) is 5.73 Å². The van der Waals surface area contributed by atoms with Gasteiger partial charge in [-0.05, 0) is 13.8 Å². The average molecular weight is 117 g/mol. The molecule has 0 saturated carbocycles. The Hall–Kier alpha value is -0.770. The van der Waals surface area contributed by atoms with Crippen LogP contribution in [0.1, 0.15) is 13.8 Å². The summed E-state index contributed by atoms with van der Waals surface area (Å²) >= 11 is 0. The predicted molar refractivity (Wildman–Crippen MR) is 32.0 cm³/mol. The molecule has 0 spiro atoms. The normalized spacial score (nSPS) is 12.2. The second-order valence-electron chi connectivity index (χ2n) is 1.68. The van der Waals surface area contributed by atoms with Crippen molar-refractivity contribution in [2.45, 2.75) is 19.9 Å². The van der Waals surface area contributed by atoms with E-state index in [1.807, 2.05) is 13.8 Å². The highest BCUT2D eigenvalue weighted by Crippen LogP contribution is 1.83. The molecule has 0 saturated heterocycles. The largest absolute Gasteiger partial charge is 0.374 e. The summed E-state index contributed by atoms with van der Waals surface area (Å²) in [5.74, 6) is 4.66. The molecule has 0 fully saturated rings. The summed E-state index contributed by atoms with van der Waals surface area (Å²) in [5.41, 5.74) is 5.08. The molecule has 0 aromatic heterocycles. The maximum atomic E-state index is 5.08. The topological polar surface area (TPSA) is 73.6 Å². The fourth-order valence-corrected chi connectivity index (χ4v) is 0.285. The van der Waals surface area contributed by atoms with Gasteiger partial charge in [0.2, 0.25) is 0 Å². The van der Waals surface area contributed by atoms with Crippen LogP contribution in [0, 0.1) is 0 Å². The van der Waals surface area contributed by atoms with Gasteiger partial charge in [0.15, 0.2) is 0 Å². The van der Waals surface area contributed by atoms with Crippen molar-refractivity contribution < 1.29 is 4.84 Å². The van der Waals surface area contributed by atoms with E-state index in [1.54, 1.807) is 0 Å². The van der Waals surface area contributed by atoms with E-state index in [1.165, 1.54) is 0 Å². The molecule has 0 aliphatic rings. The van der Waals surface area contributed by atoms with Crippen molar-refractivity contribution in [3.63, 3.8) is 0 Å². The van der Waals surface area contributed by atoms with Gasteiger partial charge >= 0.3 is 6.02 Å². The van der Waals surface area contributed by atoms with E-state index in [2.05, 4.69) is 15.7 Å². The van der Waals surface area contributed by atoms with Gasteiger partial charge in [0.1, 0.15) is 0 Å². The van der Waals surface area contributed by atoms with Crippen LogP contribution in [-0.4, -0.2) is 12.1 Å². The first-order valence-corrected chi connectivity index (χ1v) is 2.37. The monoisotopic (exact) mass is 117 g/mol. The zero-order valence-electron chi connectivity index (χ0n) is 5.09. The molecule has 0 atom stereocenters. The molecule has 0 rings (SSSR count). The zero-order chi connectivity index (χ0) is 6.57. The molecule has 0 aromatic carbocycles. The summed E-state index contributed by atoms with van der Waals surface area (Å²) in [6.45, 7) is 3.76. The van der Waals surface area contributed by atoms with Crippen molar-refractivity contribution in [3.05, 3.63) is 0 Å². The molecule has 48 valence electrons. The van der Waals surface area contributed by atoms with Crippen LogP contribution in [0.5, 0.6) is 0 Å². The van der Waals surface area contributed by atoms with Crippen LogP contribution in [0.25, 0.3) is 0 Å². The molecule has 8 heavy (non-hydrogen) atoms. The molecule has 4 nitrogen and oxygen atoms in total. The summed E-state index contributed by atoms with van der Waals surface area (Å²) < 4.78 is 0. The Labute approximate surface area is 48.5 Å². The first-order chi connectivity index (χ1) is 3.66. The highest BCUT2D eigenvalue weighted by Gasteiger charge is 1.89. The van der Waals surface area contributed by atoms with Crippen molar-refractivity contribution in [2.75, 3.05) is 0 Å². The summed E-state index contributed by atoms with van der Waals surface area (Å²) in [6.07, 6.45) is 0. The predicted octanol–water partition coefficient (Wildman–Crippen LogP) is -0.400. The second kappa shape index (κ2) is 3.26. The maximum absolute atomic E-state index is 5.08. The van der Waals surface area contributed by atoms with Gasteiger partial charge in [0.25, 0.3) is 0 Å². The third kappa shape index (κ3) is 3.42. The Kier molecular flexibility index (Phi) is 2.95. The minimum absolute atomic E-state index is 0.0278. The molecule has 4 N–H and O–H groups in total. The standard InChI is InChI=1S/C4H11N3O/c1-3(2)7-4(5)8-6/h3H,6H2,1-2H3,(H2,5,7). The molecule has 0 aliphatic carbocycles. The van der Waals surface area contributed by atoms with Crippen LogP contribution < -0.4 is 11.6 Å². The van der Waals surface area contributed by atoms with E-state index in [9.17, 15) is 0 Å². The van der Waals surface area contributed by atoms with Gasteiger partial charge in [-0.3, -0.25) is 0 Å². The number of hydrogen-bond donors (Lipinski definition) is 2. The van der Waals surface area contributed by atoms with Crippen molar-refractivity contribution >= 4 is 6.02 Å². The quantitative estimate of drug-likeness (QED) is 0.279. The lowest BCUT2D eigenvalue weighted by Gasteiger charge is -1.97. The Morgan fingerprint density at radius 3 is 2.25 bits per heavy atom. The van der Waals surface area contributed by atoms with Crippen LogP contribution in [0.3, 0.4) is 0 Å². The van der Waals surface area contributed by atoms with Gasteiger partial charge < -0.3 is 10.6 Å². The molecule has 0 aromatic rings.